The van der Waals surface area contributed by atoms with Crippen LogP contribution >= 0.6 is 0 Å². The lowest BCUT2D eigenvalue weighted by Gasteiger charge is -2.38. The second-order valence-electron chi connectivity index (χ2n) is 5.50. The third-order valence-electron chi connectivity index (χ3n) is 4.11. The van der Waals surface area contributed by atoms with E-state index in [4.69, 9.17) is 0 Å². The highest BCUT2D eigenvalue weighted by molar-refractivity contribution is 4.90. The fraction of sp³-hybridized carbons (Fsp3) is 1.00. The topological polar surface area (TPSA) is 32.3 Å². The van der Waals surface area contributed by atoms with Gasteiger partial charge in [-0.1, -0.05) is 32.1 Å². The van der Waals surface area contributed by atoms with Crippen molar-refractivity contribution < 1.29 is 5.11 Å². The fourth-order valence-corrected chi connectivity index (χ4v) is 2.76. The van der Waals surface area contributed by atoms with Crippen molar-refractivity contribution in [1.82, 2.24) is 5.32 Å². The molecule has 0 atom stereocenters. The first-order valence-corrected chi connectivity index (χ1v) is 6.74. The molecular formula is C13H25NO. The lowest BCUT2D eigenvalue weighted by molar-refractivity contribution is -0.0337. The van der Waals surface area contributed by atoms with Crippen LogP contribution in [0.15, 0.2) is 0 Å². The van der Waals surface area contributed by atoms with Crippen molar-refractivity contribution in [2.75, 3.05) is 6.54 Å². The number of hydrogen-bond acceptors (Lipinski definition) is 2. The predicted octanol–water partition coefficient (Wildman–Crippen LogP) is 2.60. The summed E-state index contributed by atoms with van der Waals surface area (Å²) in [6.07, 6.45) is 12.8. The molecule has 2 fully saturated rings. The van der Waals surface area contributed by atoms with Crippen molar-refractivity contribution >= 4 is 0 Å². The van der Waals surface area contributed by atoms with Crippen molar-refractivity contribution in [3.05, 3.63) is 0 Å². The Balaban J connectivity index is 1.67. The molecule has 2 aliphatic rings. The molecule has 0 unspecified atom stereocenters. The van der Waals surface area contributed by atoms with E-state index in [1.54, 1.807) is 0 Å². The van der Waals surface area contributed by atoms with Gasteiger partial charge in [0.2, 0.25) is 0 Å². The number of nitrogens with one attached hydrogen (secondary N) is 1. The molecule has 2 nitrogen and oxygen atoms in total. The Morgan fingerprint density at radius 3 is 2.07 bits per heavy atom. The molecule has 2 aliphatic carbocycles. The Labute approximate surface area is 93.5 Å². The summed E-state index contributed by atoms with van der Waals surface area (Å²) in [5, 5.41) is 13.6. The minimum atomic E-state index is -0.345. The summed E-state index contributed by atoms with van der Waals surface area (Å²) in [4.78, 5) is 0. The lowest BCUT2D eigenvalue weighted by atomic mass is 9.80. The molecular weight excluding hydrogens is 186 g/mol. The van der Waals surface area contributed by atoms with Crippen LogP contribution in [0.25, 0.3) is 0 Å². The standard InChI is InChI=1S/C13H25NO/c15-13(9-6-10-13)11-14-12-7-4-2-1-3-5-8-12/h12,14-15H,1-11H2. The van der Waals surface area contributed by atoms with E-state index in [0.717, 1.165) is 19.4 Å². The number of aliphatic hydroxyl groups is 1. The van der Waals surface area contributed by atoms with Crippen LogP contribution in [0.3, 0.4) is 0 Å². The van der Waals surface area contributed by atoms with Gasteiger partial charge in [-0.05, 0) is 32.1 Å². The SMILES string of the molecule is OC1(CNC2CCCCCCC2)CCC1. The van der Waals surface area contributed by atoms with Crippen molar-refractivity contribution in [3.8, 4) is 0 Å². The molecule has 0 aromatic rings. The zero-order valence-corrected chi connectivity index (χ0v) is 9.80. The van der Waals surface area contributed by atoms with E-state index in [2.05, 4.69) is 5.32 Å². The largest absolute Gasteiger partial charge is 0.389 e. The van der Waals surface area contributed by atoms with E-state index >= 15 is 0 Å². The Morgan fingerprint density at radius 1 is 0.933 bits per heavy atom. The molecule has 2 heteroatoms. The Hall–Kier alpha value is -0.0800. The molecule has 88 valence electrons. The van der Waals surface area contributed by atoms with Gasteiger partial charge < -0.3 is 10.4 Å². The summed E-state index contributed by atoms with van der Waals surface area (Å²) >= 11 is 0. The van der Waals surface area contributed by atoms with Crippen molar-refractivity contribution in [3.63, 3.8) is 0 Å². The van der Waals surface area contributed by atoms with Gasteiger partial charge in [0.1, 0.15) is 0 Å². The van der Waals surface area contributed by atoms with Crippen molar-refractivity contribution in [2.24, 2.45) is 0 Å². The third-order valence-corrected chi connectivity index (χ3v) is 4.11. The van der Waals surface area contributed by atoms with Gasteiger partial charge in [-0.2, -0.15) is 0 Å². The van der Waals surface area contributed by atoms with Gasteiger partial charge in [0, 0.05) is 12.6 Å². The van der Waals surface area contributed by atoms with Crippen molar-refractivity contribution in [2.45, 2.75) is 75.9 Å². The van der Waals surface area contributed by atoms with E-state index < -0.39 is 0 Å². The second-order valence-corrected chi connectivity index (χ2v) is 5.50. The monoisotopic (exact) mass is 211 g/mol. The van der Waals surface area contributed by atoms with Gasteiger partial charge in [0.05, 0.1) is 5.60 Å². The van der Waals surface area contributed by atoms with E-state index in [9.17, 15) is 5.11 Å². The number of rotatable bonds is 3. The Kier molecular flexibility index (Phi) is 4.04. The summed E-state index contributed by atoms with van der Waals surface area (Å²) in [6.45, 7) is 0.831. The molecule has 0 aromatic carbocycles. The zero-order valence-electron chi connectivity index (χ0n) is 9.80. The zero-order chi connectivity index (χ0) is 10.6. The van der Waals surface area contributed by atoms with E-state index in [0.29, 0.717) is 6.04 Å². The Morgan fingerprint density at radius 2 is 1.53 bits per heavy atom. The molecule has 2 saturated carbocycles. The molecule has 15 heavy (non-hydrogen) atoms. The van der Waals surface area contributed by atoms with Crippen LogP contribution in [0.2, 0.25) is 0 Å². The van der Waals surface area contributed by atoms with Gasteiger partial charge in [-0.25, -0.2) is 0 Å². The minimum absolute atomic E-state index is 0.345. The molecule has 2 rings (SSSR count). The quantitative estimate of drug-likeness (QED) is 0.752. The summed E-state index contributed by atoms with van der Waals surface area (Å²) in [6, 6.07) is 0.676. The van der Waals surface area contributed by atoms with Crippen LogP contribution < -0.4 is 5.32 Å². The minimum Gasteiger partial charge on any atom is -0.389 e. The van der Waals surface area contributed by atoms with Crippen LogP contribution in [-0.4, -0.2) is 23.3 Å². The molecule has 0 spiro atoms. The maximum Gasteiger partial charge on any atom is 0.0771 e. The highest BCUT2D eigenvalue weighted by atomic mass is 16.3. The normalized spacial score (nSPS) is 27.8. The van der Waals surface area contributed by atoms with Crippen molar-refractivity contribution in [1.29, 1.82) is 0 Å². The predicted molar refractivity (Wildman–Crippen MR) is 62.9 cm³/mol. The molecule has 0 aliphatic heterocycles. The summed E-state index contributed by atoms with van der Waals surface area (Å²) in [7, 11) is 0. The smallest absolute Gasteiger partial charge is 0.0771 e. The molecule has 0 radical (unpaired) electrons. The molecule has 0 saturated heterocycles. The Bertz CT molecular complexity index is 181. The van der Waals surface area contributed by atoms with Gasteiger partial charge in [-0.15, -0.1) is 0 Å². The van der Waals surface area contributed by atoms with Gasteiger partial charge in [-0.3, -0.25) is 0 Å². The van der Waals surface area contributed by atoms with Crippen LogP contribution in [-0.2, 0) is 0 Å². The van der Waals surface area contributed by atoms with E-state index in [1.807, 2.05) is 0 Å². The third kappa shape index (κ3) is 3.46. The summed E-state index contributed by atoms with van der Waals surface area (Å²) < 4.78 is 0. The summed E-state index contributed by atoms with van der Waals surface area (Å²) in [5.41, 5.74) is -0.345. The average Bonchev–Trinajstić information content (AvgIpc) is 2.13. The maximum absolute atomic E-state index is 10.0. The van der Waals surface area contributed by atoms with Gasteiger partial charge >= 0.3 is 0 Å². The number of hydrogen-bond donors (Lipinski definition) is 2. The molecule has 0 amide bonds. The van der Waals surface area contributed by atoms with Gasteiger partial charge in [0.15, 0.2) is 0 Å². The first-order chi connectivity index (χ1) is 7.29. The first-order valence-electron chi connectivity index (χ1n) is 6.74. The molecule has 0 heterocycles. The van der Waals surface area contributed by atoms with E-state index in [1.165, 1.54) is 51.4 Å². The molecule has 0 bridgehead atoms. The second kappa shape index (κ2) is 5.31. The van der Waals surface area contributed by atoms with Crippen LogP contribution in [0, 0.1) is 0 Å². The molecule has 0 aromatic heterocycles. The fourth-order valence-electron chi connectivity index (χ4n) is 2.76. The van der Waals surface area contributed by atoms with Crippen LogP contribution in [0.1, 0.15) is 64.2 Å². The highest BCUT2D eigenvalue weighted by Gasteiger charge is 2.34. The first kappa shape index (κ1) is 11.4. The average molecular weight is 211 g/mol. The summed E-state index contributed by atoms with van der Waals surface area (Å²) in [5.74, 6) is 0. The molecule has 2 N–H and O–H groups in total. The van der Waals surface area contributed by atoms with Gasteiger partial charge in [0.25, 0.3) is 0 Å². The van der Waals surface area contributed by atoms with E-state index in [-0.39, 0.29) is 5.60 Å². The van der Waals surface area contributed by atoms with Crippen LogP contribution in [0.4, 0.5) is 0 Å². The lowest BCUT2D eigenvalue weighted by Crippen LogP contribution is -2.49. The highest BCUT2D eigenvalue weighted by Crippen LogP contribution is 2.31. The maximum atomic E-state index is 10.0. The van der Waals surface area contributed by atoms with Crippen LogP contribution in [0.5, 0.6) is 0 Å².